The van der Waals surface area contributed by atoms with E-state index in [1.165, 1.54) is 42.5 Å². The monoisotopic (exact) mass is 492 g/mol. The Bertz CT molecular complexity index is 1090. The minimum absolute atomic E-state index is 0.0840. The number of aromatic carboxylic acids is 1. The number of rotatable bonds is 11. The lowest BCUT2D eigenvalue weighted by Crippen LogP contribution is -2.49. The molecule has 1 heterocycles. The predicted molar refractivity (Wildman–Crippen MR) is 120 cm³/mol. The number of halogens is 2. The third-order valence-corrected chi connectivity index (χ3v) is 5.34. The first-order chi connectivity index (χ1) is 16.5. The van der Waals surface area contributed by atoms with Crippen LogP contribution in [0.5, 0.6) is 17.2 Å². The summed E-state index contributed by atoms with van der Waals surface area (Å²) >= 11 is 0. The van der Waals surface area contributed by atoms with Gasteiger partial charge in [0, 0.05) is 23.7 Å². The van der Waals surface area contributed by atoms with Gasteiger partial charge in [0.05, 0.1) is 5.56 Å². The molecular weight excluding hydrogens is 466 g/mol. The van der Waals surface area contributed by atoms with Crippen molar-refractivity contribution in [1.82, 2.24) is 10.6 Å². The second-order valence-corrected chi connectivity index (χ2v) is 8.31. The van der Waals surface area contributed by atoms with Gasteiger partial charge in [-0.25, -0.2) is 4.79 Å². The molecule has 0 bridgehead atoms. The molecule has 0 fully saturated rings. The molecule has 2 aromatic rings. The smallest absolute Gasteiger partial charge is 0.484 e. The van der Waals surface area contributed by atoms with Crippen LogP contribution in [0.3, 0.4) is 0 Å². The molecular formula is C24H26F2N2O7. The standard InChI is InChI=1S/C24H26F2N2O7/c1-3-10-23(2,11-12-27-21(30)15-4-6-16(7-5-15)22(31)32)28-20(29)14-33-17-8-9-18-19(13-17)35-24(25,26)34-18/h4-9,13H,3,10-12,14H2,1-2H3,(H,27,30)(H,28,29)(H,31,32). The maximum Gasteiger partial charge on any atom is 0.586 e. The maximum absolute atomic E-state index is 13.1. The highest BCUT2D eigenvalue weighted by Crippen LogP contribution is 2.42. The van der Waals surface area contributed by atoms with Crippen LogP contribution in [0, 0.1) is 0 Å². The van der Waals surface area contributed by atoms with Crippen molar-refractivity contribution in [2.75, 3.05) is 13.2 Å². The minimum atomic E-state index is -3.74. The quantitative estimate of drug-likeness (QED) is 0.438. The first kappa shape index (κ1) is 25.7. The van der Waals surface area contributed by atoms with Crippen LogP contribution in [0.4, 0.5) is 8.78 Å². The molecule has 0 aromatic heterocycles. The molecule has 0 saturated carbocycles. The van der Waals surface area contributed by atoms with Crippen LogP contribution in [0.2, 0.25) is 0 Å². The molecule has 35 heavy (non-hydrogen) atoms. The van der Waals surface area contributed by atoms with Crippen LogP contribution >= 0.6 is 0 Å². The van der Waals surface area contributed by atoms with E-state index in [1.54, 1.807) is 0 Å². The van der Waals surface area contributed by atoms with Crippen molar-refractivity contribution in [3.63, 3.8) is 0 Å². The Hall–Kier alpha value is -3.89. The largest absolute Gasteiger partial charge is 0.586 e. The molecule has 2 amide bonds. The summed E-state index contributed by atoms with van der Waals surface area (Å²) in [6.45, 7) is 3.74. The fourth-order valence-electron chi connectivity index (χ4n) is 3.66. The highest BCUT2D eigenvalue weighted by molar-refractivity contribution is 5.95. The normalized spacial score (nSPS) is 15.1. The summed E-state index contributed by atoms with van der Waals surface area (Å²) in [7, 11) is 0. The van der Waals surface area contributed by atoms with Gasteiger partial charge >= 0.3 is 12.3 Å². The SMILES string of the molecule is CCCC(C)(CCNC(=O)c1ccc(C(=O)O)cc1)NC(=O)COc1ccc2c(c1)OC(F)(F)O2. The van der Waals surface area contributed by atoms with E-state index in [1.807, 2.05) is 13.8 Å². The number of carbonyl (C=O) groups excluding carboxylic acids is 2. The Morgan fingerprint density at radius 1 is 1.03 bits per heavy atom. The molecule has 0 radical (unpaired) electrons. The van der Waals surface area contributed by atoms with Gasteiger partial charge in [-0.15, -0.1) is 8.78 Å². The number of amides is 2. The van der Waals surface area contributed by atoms with E-state index in [4.69, 9.17) is 9.84 Å². The van der Waals surface area contributed by atoms with Crippen LogP contribution in [-0.4, -0.2) is 47.9 Å². The highest BCUT2D eigenvalue weighted by Gasteiger charge is 2.43. The molecule has 0 aliphatic carbocycles. The van der Waals surface area contributed by atoms with Crippen LogP contribution in [0.25, 0.3) is 0 Å². The van der Waals surface area contributed by atoms with Crippen molar-refractivity contribution in [3.8, 4) is 17.2 Å². The minimum Gasteiger partial charge on any atom is -0.484 e. The molecule has 1 aliphatic rings. The highest BCUT2D eigenvalue weighted by atomic mass is 19.3. The molecule has 11 heteroatoms. The summed E-state index contributed by atoms with van der Waals surface area (Å²) in [5.41, 5.74) is -0.223. The lowest BCUT2D eigenvalue weighted by molar-refractivity contribution is -0.286. The Labute approximate surface area is 200 Å². The van der Waals surface area contributed by atoms with Gasteiger partial charge < -0.3 is 30.0 Å². The lowest BCUT2D eigenvalue weighted by atomic mass is 9.92. The van der Waals surface area contributed by atoms with E-state index in [9.17, 15) is 23.2 Å². The zero-order chi connectivity index (χ0) is 25.6. The number of carboxylic acids is 1. The lowest BCUT2D eigenvalue weighted by Gasteiger charge is -2.31. The van der Waals surface area contributed by atoms with E-state index in [-0.39, 0.29) is 41.9 Å². The topological polar surface area (TPSA) is 123 Å². The Kier molecular flexibility index (Phi) is 7.78. The number of alkyl halides is 2. The van der Waals surface area contributed by atoms with E-state index >= 15 is 0 Å². The third-order valence-electron chi connectivity index (χ3n) is 5.34. The van der Waals surface area contributed by atoms with E-state index in [2.05, 4.69) is 20.1 Å². The summed E-state index contributed by atoms with van der Waals surface area (Å²) < 4.78 is 40.4. The Balaban J connectivity index is 1.49. The van der Waals surface area contributed by atoms with Gasteiger partial charge in [-0.2, -0.15) is 0 Å². The summed E-state index contributed by atoms with van der Waals surface area (Å²) in [6, 6.07) is 9.44. The molecule has 1 atom stereocenters. The molecule has 2 aromatic carbocycles. The van der Waals surface area contributed by atoms with Gasteiger partial charge in [-0.3, -0.25) is 9.59 Å². The number of carbonyl (C=O) groups is 3. The third kappa shape index (κ3) is 7.05. The van der Waals surface area contributed by atoms with Crippen molar-refractivity contribution in [1.29, 1.82) is 0 Å². The van der Waals surface area contributed by atoms with Crippen LogP contribution in [0.1, 0.15) is 53.8 Å². The second-order valence-electron chi connectivity index (χ2n) is 8.31. The van der Waals surface area contributed by atoms with Gasteiger partial charge in [0.25, 0.3) is 11.8 Å². The fraction of sp³-hybridized carbons (Fsp3) is 0.375. The number of benzene rings is 2. The van der Waals surface area contributed by atoms with Crippen molar-refractivity contribution in [2.45, 2.75) is 44.9 Å². The summed E-state index contributed by atoms with van der Waals surface area (Å²) in [6.07, 6.45) is -1.89. The average molecular weight is 492 g/mol. The fourth-order valence-corrected chi connectivity index (χ4v) is 3.66. The predicted octanol–water partition coefficient (Wildman–Crippen LogP) is 3.58. The zero-order valence-electron chi connectivity index (χ0n) is 19.2. The number of fused-ring (bicyclic) bond motifs is 1. The van der Waals surface area contributed by atoms with Gasteiger partial charge in [0.2, 0.25) is 0 Å². The van der Waals surface area contributed by atoms with E-state index in [0.717, 1.165) is 6.42 Å². The van der Waals surface area contributed by atoms with Crippen LogP contribution < -0.4 is 24.8 Å². The number of carboxylic acid groups (broad SMARTS) is 1. The molecule has 3 rings (SSSR count). The van der Waals surface area contributed by atoms with E-state index in [0.29, 0.717) is 18.4 Å². The molecule has 1 aliphatic heterocycles. The van der Waals surface area contributed by atoms with Crippen molar-refractivity contribution in [3.05, 3.63) is 53.6 Å². The first-order valence-electron chi connectivity index (χ1n) is 11.0. The number of hydrogen-bond acceptors (Lipinski definition) is 6. The summed E-state index contributed by atoms with van der Waals surface area (Å²) in [5.74, 6) is -1.99. The van der Waals surface area contributed by atoms with Crippen LogP contribution in [-0.2, 0) is 4.79 Å². The van der Waals surface area contributed by atoms with Crippen molar-refractivity contribution < 1.29 is 42.5 Å². The molecule has 9 nitrogen and oxygen atoms in total. The molecule has 188 valence electrons. The Morgan fingerprint density at radius 3 is 2.34 bits per heavy atom. The molecule has 3 N–H and O–H groups in total. The summed E-state index contributed by atoms with van der Waals surface area (Å²) in [4.78, 5) is 35.8. The van der Waals surface area contributed by atoms with E-state index < -0.39 is 23.7 Å². The van der Waals surface area contributed by atoms with Crippen LogP contribution in [0.15, 0.2) is 42.5 Å². The van der Waals surface area contributed by atoms with Gasteiger partial charge in [0.1, 0.15) is 5.75 Å². The van der Waals surface area contributed by atoms with Crippen molar-refractivity contribution in [2.24, 2.45) is 0 Å². The molecule has 0 saturated heterocycles. The van der Waals surface area contributed by atoms with Gasteiger partial charge in [-0.1, -0.05) is 13.3 Å². The zero-order valence-corrected chi connectivity index (χ0v) is 19.2. The molecule has 0 spiro atoms. The van der Waals surface area contributed by atoms with Crippen molar-refractivity contribution >= 4 is 17.8 Å². The molecule has 1 unspecified atom stereocenters. The number of ether oxygens (including phenoxy) is 3. The maximum atomic E-state index is 13.1. The average Bonchev–Trinajstić information content (AvgIpc) is 3.10. The first-order valence-corrected chi connectivity index (χ1v) is 11.0. The summed E-state index contributed by atoms with van der Waals surface area (Å²) in [5, 5.41) is 14.6. The Morgan fingerprint density at radius 2 is 1.69 bits per heavy atom. The number of hydrogen-bond donors (Lipinski definition) is 3. The number of nitrogens with one attached hydrogen (secondary N) is 2. The van der Waals surface area contributed by atoms with Gasteiger partial charge in [0.15, 0.2) is 18.1 Å². The second kappa shape index (κ2) is 10.6. The van der Waals surface area contributed by atoms with Gasteiger partial charge in [-0.05, 0) is 56.2 Å².